The number of aromatic nitrogens is 2. The molecule has 3 heterocycles. The number of amides is 3. The molecule has 0 bridgehead atoms. The Morgan fingerprint density at radius 1 is 0.882 bits per heavy atom. The molecule has 1 aliphatic rings. The summed E-state index contributed by atoms with van der Waals surface area (Å²) in [6, 6.07) is 18.8. The van der Waals surface area contributed by atoms with Crippen molar-refractivity contribution in [3.63, 3.8) is 0 Å². The average Bonchev–Trinajstić information content (AvgIpc) is 3.61. The van der Waals surface area contributed by atoms with Crippen LogP contribution in [0.3, 0.4) is 0 Å². The summed E-state index contributed by atoms with van der Waals surface area (Å²) in [5.74, 6) is 0.777. The molecule has 0 spiro atoms. The molecule has 0 saturated carbocycles. The maximum Gasteiger partial charge on any atom is 0.262 e. The highest BCUT2D eigenvalue weighted by Gasteiger charge is 2.39. The number of hydrogen-bond donors (Lipinski definition) is 1. The second kappa shape index (κ2) is 17.1. The Labute approximate surface area is 306 Å². The van der Waals surface area contributed by atoms with Gasteiger partial charge in [-0.2, -0.15) is 0 Å². The van der Waals surface area contributed by atoms with Gasteiger partial charge in [-0.3, -0.25) is 14.4 Å². The second-order valence-electron chi connectivity index (χ2n) is 14.6. The maximum atomic E-state index is 13.7. The molecule has 1 N–H and O–H groups in total. The van der Waals surface area contributed by atoms with Gasteiger partial charge in [0.15, 0.2) is 5.82 Å². The quantitative estimate of drug-likeness (QED) is 0.129. The summed E-state index contributed by atoms with van der Waals surface area (Å²) < 4.78 is 5.91. The predicted molar refractivity (Wildman–Crippen MR) is 204 cm³/mol. The van der Waals surface area contributed by atoms with Gasteiger partial charge in [0.1, 0.15) is 11.8 Å². The summed E-state index contributed by atoms with van der Waals surface area (Å²) in [5, 5.41) is 3.01. The van der Waals surface area contributed by atoms with Crippen LogP contribution in [0.2, 0.25) is 0 Å². The molecule has 2 aromatic heterocycles. The first kappa shape index (κ1) is 37.7. The van der Waals surface area contributed by atoms with E-state index in [2.05, 4.69) is 43.0 Å². The third-order valence-corrected chi connectivity index (χ3v) is 10.7. The molecule has 1 saturated heterocycles. The van der Waals surface area contributed by atoms with Gasteiger partial charge in [0.25, 0.3) is 5.91 Å². The lowest BCUT2D eigenvalue weighted by Gasteiger charge is -2.41. The van der Waals surface area contributed by atoms with Crippen molar-refractivity contribution in [1.82, 2.24) is 25.1 Å². The Morgan fingerprint density at radius 2 is 1.53 bits per heavy atom. The molecule has 0 radical (unpaired) electrons. The van der Waals surface area contributed by atoms with Gasteiger partial charge in [-0.1, -0.05) is 89.8 Å². The number of carbonyl (C=O) groups is 3. The van der Waals surface area contributed by atoms with Gasteiger partial charge in [0.05, 0.1) is 17.4 Å². The van der Waals surface area contributed by atoms with Gasteiger partial charge in [0, 0.05) is 62.0 Å². The van der Waals surface area contributed by atoms with Crippen LogP contribution >= 0.6 is 11.3 Å². The molecule has 1 aliphatic heterocycles. The SMILES string of the molecule is CCCCCCCOc1ccc(-c2cnc(-c3ccc(C[C@H](NC(=O)c4ccc(C(C)(C)C)s4)C(=O)N4CC(C(=O)N(C)C)C4)cc3)nc2)cc1. The molecule has 1 atom stereocenters. The van der Waals surface area contributed by atoms with E-state index in [1.165, 1.54) is 37.0 Å². The Bertz CT molecular complexity index is 1760. The van der Waals surface area contributed by atoms with Gasteiger partial charge < -0.3 is 19.9 Å². The van der Waals surface area contributed by atoms with E-state index < -0.39 is 6.04 Å². The van der Waals surface area contributed by atoms with Crippen molar-refractivity contribution < 1.29 is 19.1 Å². The molecule has 0 unspecified atom stereocenters. The number of ether oxygens (including phenoxy) is 1. The van der Waals surface area contributed by atoms with Crippen LogP contribution in [0.4, 0.5) is 0 Å². The third-order valence-electron chi connectivity index (χ3n) is 9.16. The monoisotopic (exact) mass is 709 g/mol. The van der Waals surface area contributed by atoms with Crippen molar-refractivity contribution in [3.8, 4) is 28.3 Å². The van der Waals surface area contributed by atoms with Crippen molar-refractivity contribution in [2.75, 3.05) is 33.8 Å². The van der Waals surface area contributed by atoms with Crippen LogP contribution < -0.4 is 10.1 Å². The molecular weight excluding hydrogens is 659 g/mol. The lowest BCUT2D eigenvalue weighted by molar-refractivity contribution is -0.148. The molecule has 1 fully saturated rings. The average molecular weight is 710 g/mol. The van der Waals surface area contributed by atoms with Gasteiger partial charge >= 0.3 is 0 Å². The number of thiophene rings is 1. The highest BCUT2D eigenvalue weighted by molar-refractivity contribution is 7.14. The van der Waals surface area contributed by atoms with Gasteiger partial charge in [-0.15, -0.1) is 11.3 Å². The number of rotatable bonds is 15. The summed E-state index contributed by atoms with van der Waals surface area (Å²) in [4.78, 5) is 53.7. The number of nitrogens with one attached hydrogen (secondary N) is 1. The van der Waals surface area contributed by atoms with Crippen molar-refractivity contribution >= 4 is 29.1 Å². The summed E-state index contributed by atoms with van der Waals surface area (Å²) in [6.45, 7) is 9.97. The van der Waals surface area contributed by atoms with Crippen molar-refractivity contribution in [3.05, 3.63) is 88.4 Å². The fourth-order valence-electron chi connectivity index (χ4n) is 5.98. The summed E-state index contributed by atoms with van der Waals surface area (Å²) in [5.41, 5.74) is 3.59. The Hall–Kier alpha value is -4.57. The minimum atomic E-state index is -0.780. The molecule has 2 aromatic carbocycles. The number of carbonyl (C=O) groups excluding carboxylic acids is 3. The van der Waals surface area contributed by atoms with E-state index in [1.54, 1.807) is 23.9 Å². The fourth-order valence-corrected chi connectivity index (χ4v) is 6.95. The molecule has 4 aromatic rings. The van der Waals surface area contributed by atoms with E-state index in [4.69, 9.17) is 4.74 Å². The van der Waals surface area contributed by atoms with Gasteiger partial charge in [-0.05, 0) is 47.2 Å². The van der Waals surface area contributed by atoms with Crippen LogP contribution in [0.1, 0.15) is 79.9 Å². The largest absolute Gasteiger partial charge is 0.494 e. The molecule has 3 amide bonds. The Kier molecular flexibility index (Phi) is 12.6. The van der Waals surface area contributed by atoms with Crippen LogP contribution in [-0.2, 0) is 21.4 Å². The number of hydrogen-bond acceptors (Lipinski definition) is 7. The van der Waals surface area contributed by atoms with E-state index in [0.717, 1.165) is 45.9 Å². The smallest absolute Gasteiger partial charge is 0.262 e. The summed E-state index contributed by atoms with van der Waals surface area (Å²) >= 11 is 1.44. The van der Waals surface area contributed by atoms with E-state index in [1.807, 2.05) is 73.1 Å². The van der Waals surface area contributed by atoms with Crippen LogP contribution in [0.5, 0.6) is 5.75 Å². The molecule has 0 aliphatic carbocycles. The first-order valence-corrected chi connectivity index (χ1v) is 18.8. The van der Waals surface area contributed by atoms with Crippen molar-refractivity contribution in [2.24, 2.45) is 5.92 Å². The van der Waals surface area contributed by atoms with Crippen molar-refractivity contribution in [1.29, 1.82) is 0 Å². The molecule has 9 nitrogen and oxygen atoms in total. The fraction of sp³-hybridized carbons (Fsp3) is 0.439. The predicted octanol–water partition coefficient (Wildman–Crippen LogP) is 7.41. The molecule has 270 valence electrons. The number of likely N-dealkylation sites (tertiary alicyclic amines) is 1. The van der Waals surface area contributed by atoms with Crippen molar-refractivity contribution in [2.45, 2.75) is 77.7 Å². The Morgan fingerprint density at radius 3 is 2.14 bits per heavy atom. The highest BCUT2D eigenvalue weighted by Crippen LogP contribution is 2.30. The zero-order valence-corrected chi connectivity index (χ0v) is 31.6. The van der Waals surface area contributed by atoms with E-state index >= 15 is 0 Å². The first-order valence-electron chi connectivity index (χ1n) is 18.0. The van der Waals surface area contributed by atoms with Crippen LogP contribution in [-0.4, -0.2) is 77.3 Å². The number of unbranched alkanes of at least 4 members (excludes halogenated alkanes) is 4. The second-order valence-corrected chi connectivity index (χ2v) is 15.7. The van der Waals surface area contributed by atoms with E-state index in [9.17, 15) is 14.4 Å². The topological polar surface area (TPSA) is 105 Å². The lowest BCUT2D eigenvalue weighted by Crippen LogP contribution is -2.60. The first-order chi connectivity index (χ1) is 24.4. The van der Waals surface area contributed by atoms with Gasteiger partial charge in [-0.25, -0.2) is 9.97 Å². The van der Waals surface area contributed by atoms with Gasteiger partial charge in [0.2, 0.25) is 11.8 Å². The molecule has 51 heavy (non-hydrogen) atoms. The zero-order chi connectivity index (χ0) is 36.5. The zero-order valence-electron chi connectivity index (χ0n) is 30.8. The maximum absolute atomic E-state index is 13.7. The Balaban J connectivity index is 1.22. The summed E-state index contributed by atoms with van der Waals surface area (Å²) in [7, 11) is 3.44. The van der Waals surface area contributed by atoms with E-state index in [-0.39, 0.29) is 29.1 Å². The molecule has 5 rings (SSSR count). The van der Waals surface area contributed by atoms with Crippen LogP contribution in [0, 0.1) is 5.92 Å². The highest BCUT2D eigenvalue weighted by atomic mass is 32.1. The minimum absolute atomic E-state index is 0.00470. The lowest BCUT2D eigenvalue weighted by atomic mass is 9.95. The molecular formula is C41H51N5O4S. The third kappa shape index (κ3) is 10.0. The van der Waals surface area contributed by atoms with Crippen LogP contribution in [0.25, 0.3) is 22.5 Å². The normalized spacial score (nSPS) is 13.7. The molecule has 10 heteroatoms. The number of nitrogens with zero attached hydrogens (tertiary/aromatic N) is 4. The standard InChI is InChI=1S/C41H51N5O4S/c1-7-8-9-10-11-22-50-33-18-16-29(17-19-33)31-24-42-37(43-25-31)30-14-12-28(13-15-30)23-34(40(49)46-26-32(27-46)39(48)45(5)6)44-38(47)35-20-21-36(51-35)41(2,3)4/h12-21,24-25,32,34H,7-11,22-23,26-27H2,1-6H3,(H,44,47)/t34-/m0/s1. The van der Waals surface area contributed by atoms with E-state index in [0.29, 0.717) is 30.2 Å². The summed E-state index contributed by atoms with van der Waals surface area (Å²) in [6.07, 6.45) is 10.0. The van der Waals surface area contributed by atoms with Crippen LogP contribution in [0.15, 0.2) is 73.1 Å². The minimum Gasteiger partial charge on any atom is -0.494 e. The number of benzene rings is 2.